The lowest BCUT2D eigenvalue weighted by Crippen LogP contribution is -2.17. The van der Waals surface area contributed by atoms with Crippen molar-refractivity contribution in [2.75, 3.05) is 0 Å². The lowest BCUT2D eigenvalue weighted by atomic mass is 9.92. The van der Waals surface area contributed by atoms with E-state index in [4.69, 9.17) is 34.8 Å². The molecule has 96 valence electrons. The minimum Gasteiger partial charge on any atom is -0.234 e. The third kappa shape index (κ3) is 2.66. The van der Waals surface area contributed by atoms with Gasteiger partial charge in [0.1, 0.15) is 0 Å². The number of rotatable bonds is 1. The van der Waals surface area contributed by atoms with Gasteiger partial charge in [0.05, 0.1) is 16.4 Å². The van der Waals surface area contributed by atoms with Crippen molar-refractivity contribution < 1.29 is 0 Å². The van der Waals surface area contributed by atoms with Gasteiger partial charge < -0.3 is 0 Å². The summed E-state index contributed by atoms with van der Waals surface area (Å²) in [5.74, 6) is 0. The molecule has 0 aliphatic rings. The molecular formula is C13H13Cl3N2. The lowest BCUT2D eigenvalue weighted by Gasteiger charge is -2.20. The second-order valence-corrected chi connectivity index (χ2v) is 6.34. The molecule has 18 heavy (non-hydrogen) atoms. The summed E-state index contributed by atoms with van der Waals surface area (Å²) in [4.78, 5) is 0. The molecule has 0 aliphatic carbocycles. The molecular weight excluding hydrogens is 291 g/mol. The molecule has 0 fully saturated rings. The zero-order chi connectivity index (χ0) is 13.5. The summed E-state index contributed by atoms with van der Waals surface area (Å²) >= 11 is 18.1. The number of benzene rings is 1. The minimum absolute atomic E-state index is 0.0803. The van der Waals surface area contributed by atoms with Gasteiger partial charge in [0.15, 0.2) is 5.15 Å². The Balaban J connectivity index is 2.64. The molecule has 0 saturated heterocycles. The van der Waals surface area contributed by atoms with Gasteiger partial charge in [0.2, 0.25) is 0 Å². The van der Waals surface area contributed by atoms with E-state index >= 15 is 0 Å². The summed E-state index contributed by atoms with van der Waals surface area (Å²) in [6.45, 7) is 6.29. The van der Waals surface area contributed by atoms with Crippen molar-refractivity contribution in [3.05, 3.63) is 45.2 Å². The van der Waals surface area contributed by atoms with E-state index < -0.39 is 0 Å². The number of aromatic nitrogens is 2. The Morgan fingerprint density at radius 2 is 1.72 bits per heavy atom. The van der Waals surface area contributed by atoms with Gasteiger partial charge in [-0.1, -0.05) is 55.6 Å². The van der Waals surface area contributed by atoms with Gasteiger partial charge in [-0.05, 0) is 24.3 Å². The fourth-order valence-electron chi connectivity index (χ4n) is 1.72. The highest BCUT2D eigenvalue weighted by Crippen LogP contribution is 2.31. The molecule has 5 heteroatoms. The predicted molar refractivity (Wildman–Crippen MR) is 77.3 cm³/mol. The molecule has 0 spiro atoms. The first kappa shape index (κ1) is 13.7. The van der Waals surface area contributed by atoms with Crippen LogP contribution in [0.3, 0.4) is 0 Å². The van der Waals surface area contributed by atoms with E-state index in [0.717, 1.165) is 11.4 Å². The topological polar surface area (TPSA) is 17.8 Å². The van der Waals surface area contributed by atoms with Gasteiger partial charge >= 0.3 is 0 Å². The van der Waals surface area contributed by atoms with Crippen molar-refractivity contribution in [2.45, 2.75) is 26.2 Å². The van der Waals surface area contributed by atoms with E-state index in [9.17, 15) is 0 Å². The molecule has 0 aliphatic heterocycles. The van der Waals surface area contributed by atoms with Gasteiger partial charge in [-0.3, -0.25) is 0 Å². The zero-order valence-electron chi connectivity index (χ0n) is 10.3. The van der Waals surface area contributed by atoms with Gasteiger partial charge in [-0.2, -0.15) is 5.10 Å². The van der Waals surface area contributed by atoms with Crippen LogP contribution in [0, 0.1) is 0 Å². The molecule has 2 nitrogen and oxygen atoms in total. The first-order valence-electron chi connectivity index (χ1n) is 5.50. The van der Waals surface area contributed by atoms with E-state index in [0.29, 0.717) is 15.2 Å². The number of hydrogen-bond acceptors (Lipinski definition) is 1. The maximum absolute atomic E-state index is 6.21. The molecule has 2 aromatic rings. The Morgan fingerprint density at radius 1 is 1.06 bits per heavy atom. The lowest BCUT2D eigenvalue weighted by molar-refractivity contribution is 0.544. The smallest absolute Gasteiger partial charge is 0.151 e. The maximum Gasteiger partial charge on any atom is 0.151 e. The molecule has 1 aromatic heterocycles. The van der Waals surface area contributed by atoms with E-state index in [-0.39, 0.29) is 5.41 Å². The molecule has 0 amide bonds. The van der Waals surface area contributed by atoms with E-state index in [1.165, 1.54) is 0 Å². The first-order chi connectivity index (χ1) is 8.29. The van der Waals surface area contributed by atoms with Crippen LogP contribution in [-0.2, 0) is 5.41 Å². The number of halogens is 3. The third-order valence-corrected chi connectivity index (χ3v) is 3.31. The van der Waals surface area contributed by atoms with E-state index in [1.54, 1.807) is 16.8 Å². The molecule has 0 unspecified atom stereocenters. The van der Waals surface area contributed by atoms with Crippen LogP contribution in [0.5, 0.6) is 0 Å². The predicted octanol–water partition coefficient (Wildman–Crippen LogP) is 5.13. The van der Waals surface area contributed by atoms with Gasteiger partial charge in [-0.25, -0.2) is 4.68 Å². The van der Waals surface area contributed by atoms with Crippen LogP contribution in [0.2, 0.25) is 15.2 Å². The SMILES string of the molecule is CC(C)(C)c1cc(Cl)nn1-c1ccc(Cl)cc1Cl. The second-order valence-electron chi connectivity index (χ2n) is 5.11. The van der Waals surface area contributed by atoms with Gasteiger partial charge in [0.25, 0.3) is 0 Å². The third-order valence-electron chi connectivity index (χ3n) is 2.59. The van der Waals surface area contributed by atoms with E-state index in [2.05, 4.69) is 25.9 Å². The molecule has 1 heterocycles. The number of nitrogens with zero attached hydrogens (tertiary/aromatic N) is 2. The summed E-state index contributed by atoms with van der Waals surface area (Å²) < 4.78 is 1.76. The Hall–Kier alpha value is -0.700. The summed E-state index contributed by atoms with van der Waals surface area (Å²) in [5, 5.41) is 5.89. The summed E-state index contributed by atoms with van der Waals surface area (Å²) in [7, 11) is 0. The average molecular weight is 304 g/mol. The standard InChI is InChI=1S/C13H13Cl3N2/c1-13(2,3)11-7-12(16)17-18(11)10-5-4-8(14)6-9(10)15/h4-7H,1-3H3. The van der Waals surface area contributed by atoms with Crippen molar-refractivity contribution in [1.82, 2.24) is 9.78 Å². The highest BCUT2D eigenvalue weighted by Gasteiger charge is 2.22. The molecule has 2 rings (SSSR count). The van der Waals surface area contributed by atoms with Gasteiger partial charge in [0, 0.05) is 10.4 Å². The Bertz CT molecular complexity index is 582. The van der Waals surface area contributed by atoms with E-state index in [1.807, 2.05) is 12.1 Å². The quantitative estimate of drug-likeness (QED) is 0.714. The summed E-state index contributed by atoms with van der Waals surface area (Å²) in [5.41, 5.74) is 1.69. The van der Waals surface area contributed by atoms with Crippen LogP contribution in [0.25, 0.3) is 5.69 Å². The second kappa shape index (κ2) is 4.76. The van der Waals surface area contributed by atoms with Crippen molar-refractivity contribution in [1.29, 1.82) is 0 Å². The fraction of sp³-hybridized carbons (Fsp3) is 0.308. The van der Waals surface area contributed by atoms with Crippen LogP contribution in [0.1, 0.15) is 26.5 Å². The molecule has 0 radical (unpaired) electrons. The average Bonchev–Trinajstić information content (AvgIpc) is 2.59. The van der Waals surface area contributed by atoms with Crippen LogP contribution in [0.15, 0.2) is 24.3 Å². The maximum atomic E-state index is 6.21. The van der Waals surface area contributed by atoms with Crippen molar-refractivity contribution in [2.24, 2.45) is 0 Å². The van der Waals surface area contributed by atoms with Crippen LogP contribution in [0.4, 0.5) is 0 Å². The van der Waals surface area contributed by atoms with Crippen molar-refractivity contribution in [3.63, 3.8) is 0 Å². The summed E-state index contributed by atoms with van der Waals surface area (Å²) in [6, 6.07) is 7.17. The van der Waals surface area contributed by atoms with Crippen LogP contribution >= 0.6 is 34.8 Å². The fourth-order valence-corrected chi connectivity index (χ4v) is 2.39. The molecule has 0 atom stereocenters. The largest absolute Gasteiger partial charge is 0.234 e. The Kier molecular flexibility index (Phi) is 3.63. The van der Waals surface area contributed by atoms with Crippen LogP contribution in [-0.4, -0.2) is 9.78 Å². The minimum atomic E-state index is -0.0803. The molecule has 0 bridgehead atoms. The van der Waals surface area contributed by atoms with Crippen molar-refractivity contribution in [3.8, 4) is 5.69 Å². The molecule has 0 saturated carbocycles. The molecule has 1 aromatic carbocycles. The molecule has 0 N–H and O–H groups in total. The number of hydrogen-bond donors (Lipinski definition) is 0. The summed E-state index contributed by atoms with van der Waals surface area (Å²) in [6.07, 6.45) is 0. The highest BCUT2D eigenvalue weighted by molar-refractivity contribution is 6.35. The normalized spacial score (nSPS) is 11.9. The zero-order valence-corrected chi connectivity index (χ0v) is 12.6. The monoisotopic (exact) mass is 302 g/mol. The highest BCUT2D eigenvalue weighted by atomic mass is 35.5. The Morgan fingerprint density at radius 3 is 2.28 bits per heavy atom. The Labute approximate surface area is 121 Å². The van der Waals surface area contributed by atoms with Crippen LogP contribution < -0.4 is 0 Å². The van der Waals surface area contributed by atoms with Gasteiger partial charge in [-0.15, -0.1) is 0 Å². The first-order valence-corrected chi connectivity index (χ1v) is 6.64. The van der Waals surface area contributed by atoms with Crippen molar-refractivity contribution >= 4 is 34.8 Å².